The molecule has 4 aromatic heterocycles. The summed E-state index contributed by atoms with van der Waals surface area (Å²) in [5.41, 5.74) is 4.66. The number of rotatable bonds is 15. The second kappa shape index (κ2) is 13.4. The Morgan fingerprint density at radius 2 is 1.74 bits per heavy atom. The lowest BCUT2D eigenvalue weighted by atomic mass is 10.1. The van der Waals surface area contributed by atoms with Crippen LogP contribution in [0.15, 0.2) is 37.1 Å². The summed E-state index contributed by atoms with van der Waals surface area (Å²) in [7, 11) is 1.66. The Kier molecular flexibility index (Phi) is 9.73. The van der Waals surface area contributed by atoms with Gasteiger partial charge in [-0.1, -0.05) is 6.92 Å². The Labute approximate surface area is 224 Å². The average molecular weight is 521 g/mol. The van der Waals surface area contributed by atoms with Crippen LogP contribution in [-0.2, 0) is 30.7 Å². The summed E-state index contributed by atoms with van der Waals surface area (Å²) >= 11 is 0. The molecule has 9 heteroatoms. The number of hydrogen-bond acceptors (Lipinski definition) is 7. The molecule has 0 unspecified atom stereocenters. The van der Waals surface area contributed by atoms with Crippen LogP contribution in [0.1, 0.15) is 44.7 Å². The molecule has 2 N–H and O–H groups in total. The van der Waals surface area contributed by atoms with Crippen molar-refractivity contribution in [3.05, 3.63) is 48.2 Å². The van der Waals surface area contributed by atoms with Crippen LogP contribution in [0, 0.1) is 0 Å². The minimum atomic E-state index is -0.328. The topological polar surface area (TPSA) is 95.2 Å². The molecule has 0 spiro atoms. The Morgan fingerprint density at radius 1 is 0.947 bits per heavy atom. The zero-order valence-electron chi connectivity index (χ0n) is 23.0. The van der Waals surface area contributed by atoms with Crippen LogP contribution in [0.4, 0.5) is 0 Å². The second-order valence-corrected chi connectivity index (χ2v) is 9.47. The van der Waals surface area contributed by atoms with Crippen LogP contribution in [0.25, 0.3) is 21.8 Å². The molecule has 0 amide bonds. The third kappa shape index (κ3) is 6.52. The zero-order chi connectivity index (χ0) is 26.9. The van der Waals surface area contributed by atoms with E-state index < -0.39 is 0 Å². The van der Waals surface area contributed by atoms with E-state index in [0.717, 1.165) is 81.4 Å². The van der Waals surface area contributed by atoms with Gasteiger partial charge in [0.25, 0.3) is 0 Å². The first-order chi connectivity index (χ1) is 18.5. The molecular formula is C29H40N6O3. The van der Waals surface area contributed by atoms with Gasteiger partial charge in [-0.25, -0.2) is 4.98 Å². The van der Waals surface area contributed by atoms with E-state index in [2.05, 4.69) is 56.0 Å². The van der Waals surface area contributed by atoms with Crippen LogP contribution in [-0.4, -0.2) is 58.4 Å². The van der Waals surface area contributed by atoms with E-state index in [1.165, 1.54) is 23.4 Å². The summed E-state index contributed by atoms with van der Waals surface area (Å²) in [6.07, 6.45) is 13.8. The van der Waals surface area contributed by atoms with E-state index >= 15 is 0 Å². The lowest BCUT2D eigenvalue weighted by Gasteiger charge is -2.08. The quantitative estimate of drug-likeness (QED) is 0.180. The Morgan fingerprint density at radius 3 is 2.50 bits per heavy atom. The summed E-state index contributed by atoms with van der Waals surface area (Å²) in [6.45, 7) is 11.2. The number of fused-ring (bicyclic) bond motifs is 2. The van der Waals surface area contributed by atoms with E-state index in [0.29, 0.717) is 11.6 Å². The first kappa shape index (κ1) is 27.6. The van der Waals surface area contributed by atoms with Crippen LogP contribution >= 0.6 is 0 Å². The van der Waals surface area contributed by atoms with Gasteiger partial charge in [0, 0.05) is 49.2 Å². The molecule has 0 aliphatic rings. The van der Waals surface area contributed by atoms with Crippen molar-refractivity contribution in [2.75, 3.05) is 33.3 Å². The SMILES string of the molecule is CCNCCc1cn(CCCCNCCc2cn(CC)c3cnc(OC)cc23)c2cncc(OC(C)=O)c12. The number of hydrogen-bond donors (Lipinski definition) is 2. The standard InChI is InChI=1S/C29H40N6O3/c1-5-30-12-10-23-20-35(26-16-32-18-27(29(23)26)38-21(3)36)14-8-7-11-31-13-9-22-19-34(6-2)25-17-33-28(37-4)15-24(22)25/h15-20,30-31H,5-14H2,1-4H3. The van der Waals surface area contributed by atoms with Crippen LogP contribution < -0.4 is 20.1 Å². The zero-order valence-corrected chi connectivity index (χ0v) is 23.0. The molecule has 4 rings (SSSR count). The number of aryl methyl sites for hydroxylation is 2. The van der Waals surface area contributed by atoms with Crippen LogP contribution in [0.2, 0.25) is 0 Å². The largest absolute Gasteiger partial charge is 0.481 e. The van der Waals surface area contributed by atoms with Crippen molar-refractivity contribution >= 4 is 27.8 Å². The van der Waals surface area contributed by atoms with Crippen molar-refractivity contribution in [1.29, 1.82) is 0 Å². The maximum absolute atomic E-state index is 11.6. The highest BCUT2D eigenvalue weighted by molar-refractivity contribution is 5.91. The lowest BCUT2D eigenvalue weighted by Crippen LogP contribution is -2.18. The molecule has 204 valence electrons. The summed E-state index contributed by atoms with van der Waals surface area (Å²) in [5, 5.41) is 9.19. The minimum Gasteiger partial charge on any atom is -0.481 e. The van der Waals surface area contributed by atoms with Crippen molar-refractivity contribution in [2.24, 2.45) is 0 Å². The number of carbonyl (C=O) groups excluding carboxylic acids is 1. The summed E-state index contributed by atoms with van der Waals surface area (Å²) in [4.78, 5) is 20.4. The van der Waals surface area contributed by atoms with Gasteiger partial charge >= 0.3 is 5.97 Å². The normalized spacial score (nSPS) is 11.5. The molecule has 0 aromatic carbocycles. The predicted molar refractivity (Wildman–Crippen MR) is 151 cm³/mol. The number of unbranched alkanes of at least 4 members (excludes halogenated alkanes) is 1. The van der Waals surface area contributed by atoms with Gasteiger partial charge in [0.1, 0.15) is 0 Å². The van der Waals surface area contributed by atoms with E-state index in [-0.39, 0.29) is 5.97 Å². The molecule has 0 atom stereocenters. The van der Waals surface area contributed by atoms with E-state index in [4.69, 9.17) is 9.47 Å². The first-order valence-electron chi connectivity index (χ1n) is 13.6. The monoisotopic (exact) mass is 520 g/mol. The fourth-order valence-corrected chi connectivity index (χ4v) is 5.00. The van der Waals surface area contributed by atoms with Gasteiger partial charge in [-0.2, -0.15) is 0 Å². The molecule has 38 heavy (non-hydrogen) atoms. The average Bonchev–Trinajstić information content (AvgIpc) is 3.46. The van der Waals surface area contributed by atoms with E-state index in [1.54, 1.807) is 13.3 Å². The fraction of sp³-hybridized carbons (Fsp3) is 0.483. The number of aromatic nitrogens is 4. The number of methoxy groups -OCH3 is 1. The van der Waals surface area contributed by atoms with Gasteiger partial charge < -0.3 is 29.2 Å². The molecule has 0 fully saturated rings. The van der Waals surface area contributed by atoms with Gasteiger partial charge in [-0.15, -0.1) is 0 Å². The minimum absolute atomic E-state index is 0.328. The van der Waals surface area contributed by atoms with Crippen molar-refractivity contribution in [1.82, 2.24) is 29.7 Å². The number of nitrogens with one attached hydrogen (secondary N) is 2. The van der Waals surface area contributed by atoms with Gasteiger partial charge in [0.2, 0.25) is 5.88 Å². The highest BCUT2D eigenvalue weighted by Crippen LogP contribution is 2.31. The highest BCUT2D eigenvalue weighted by Gasteiger charge is 2.15. The second-order valence-electron chi connectivity index (χ2n) is 9.47. The smallest absolute Gasteiger partial charge is 0.308 e. The van der Waals surface area contributed by atoms with Crippen molar-refractivity contribution in [2.45, 2.75) is 59.5 Å². The number of nitrogens with zero attached hydrogens (tertiary/aromatic N) is 4. The van der Waals surface area contributed by atoms with Gasteiger partial charge in [0.05, 0.1) is 36.7 Å². The molecule has 4 heterocycles. The molecule has 0 radical (unpaired) electrons. The molecule has 9 nitrogen and oxygen atoms in total. The molecular weight excluding hydrogens is 480 g/mol. The third-order valence-electron chi connectivity index (χ3n) is 6.86. The van der Waals surface area contributed by atoms with Crippen molar-refractivity contribution in [3.63, 3.8) is 0 Å². The Bertz CT molecular complexity index is 1360. The van der Waals surface area contributed by atoms with Crippen molar-refractivity contribution < 1.29 is 14.3 Å². The van der Waals surface area contributed by atoms with Gasteiger partial charge in [-0.3, -0.25) is 9.78 Å². The Balaban J connectivity index is 1.32. The number of pyridine rings is 2. The van der Waals surface area contributed by atoms with Crippen LogP contribution in [0.5, 0.6) is 11.6 Å². The summed E-state index contributed by atoms with van der Waals surface area (Å²) in [5.74, 6) is 0.864. The van der Waals surface area contributed by atoms with E-state index in [1.807, 2.05) is 18.5 Å². The lowest BCUT2D eigenvalue weighted by molar-refractivity contribution is -0.131. The number of carbonyl (C=O) groups is 1. The summed E-state index contributed by atoms with van der Waals surface area (Å²) in [6, 6.07) is 2.03. The molecule has 0 aliphatic heterocycles. The Hall–Kier alpha value is -3.43. The van der Waals surface area contributed by atoms with Gasteiger partial charge in [-0.05, 0) is 69.9 Å². The van der Waals surface area contributed by atoms with Crippen LogP contribution in [0.3, 0.4) is 0 Å². The van der Waals surface area contributed by atoms with Crippen molar-refractivity contribution in [3.8, 4) is 11.6 Å². The maximum Gasteiger partial charge on any atom is 0.308 e. The number of likely N-dealkylation sites (N-methyl/N-ethyl adjacent to an activating group) is 1. The molecule has 0 saturated carbocycles. The predicted octanol–water partition coefficient (Wildman–Crippen LogP) is 4.10. The third-order valence-corrected chi connectivity index (χ3v) is 6.86. The number of esters is 1. The summed E-state index contributed by atoms with van der Waals surface area (Å²) < 4.78 is 15.3. The molecule has 0 saturated heterocycles. The molecule has 0 aliphatic carbocycles. The maximum atomic E-state index is 11.6. The highest BCUT2D eigenvalue weighted by atomic mass is 16.5. The molecule has 0 bridgehead atoms. The van der Waals surface area contributed by atoms with E-state index in [9.17, 15) is 4.79 Å². The fourth-order valence-electron chi connectivity index (χ4n) is 5.00. The first-order valence-corrected chi connectivity index (χ1v) is 13.6. The number of ether oxygens (including phenoxy) is 2. The molecule has 4 aromatic rings. The van der Waals surface area contributed by atoms with Gasteiger partial charge in [0.15, 0.2) is 5.75 Å².